The van der Waals surface area contributed by atoms with Gasteiger partial charge in [-0.1, -0.05) is 17.7 Å². The van der Waals surface area contributed by atoms with Crippen molar-refractivity contribution in [1.29, 1.82) is 0 Å². The van der Waals surface area contributed by atoms with Crippen LogP contribution in [0, 0.1) is 6.92 Å². The SMILES string of the molecule is CCN(Cc1ccc2c(c1)OCO2)C(=O)c1nc(C)n(-c2ccc(Cl)cc2)n1. The molecular weight excluding hydrogens is 380 g/mol. The molecule has 7 nitrogen and oxygen atoms in total. The minimum Gasteiger partial charge on any atom is -0.454 e. The molecule has 0 saturated heterocycles. The zero-order chi connectivity index (χ0) is 19.7. The highest BCUT2D eigenvalue weighted by atomic mass is 35.5. The summed E-state index contributed by atoms with van der Waals surface area (Å²) in [5.74, 6) is 1.98. The minimum absolute atomic E-state index is 0.162. The van der Waals surface area contributed by atoms with E-state index in [1.165, 1.54) is 0 Å². The number of halogens is 1. The Hall–Kier alpha value is -3.06. The van der Waals surface area contributed by atoms with E-state index in [2.05, 4.69) is 10.1 Å². The van der Waals surface area contributed by atoms with Gasteiger partial charge >= 0.3 is 0 Å². The number of carbonyl (C=O) groups is 1. The van der Waals surface area contributed by atoms with Crippen molar-refractivity contribution < 1.29 is 14.3 Å². The van der Waals surface area contributed by atoms with Crippen LogP contribution in [-0.2, 0) is 6.54 Å². The third-order valence-corrected chi connectivity index (χ3v) is 4.76. The maximum Gasteiger partial charge on any atom is 0.293 e. The first kappa shape index (κ1) is 18.3. The molecule has 1 aromatic heterocycles. The van der Waals surface area contributed by atoms with Gasteiger partial charge in [0.1, 0.15) is 5.82 Å². The van der Waals surface area contributed by atoms with Crippen molar-refractivity contribution in [3.63, 3.8) is 0 Å². The van der Waals surface area contributed by atoms with Crippen LogP contribution >= 0.6 is 11.6 Å². The Bertz CT molecular complexity index is 1020. The van der Waals surface area contributed by atoms with Crippen molar-refractivity contribution in [2.24, 2.45) is 0 Å². The number of ether oxygens (including phenoxy) is 2. The summed E-state index contributed by atoms with van der Waals surface area (Å²) in [7, 11) is 0. The number of nitrogens with zero attached hydrogens (tertiary/aromatic N) is 4. The summed E-state index contributed by atoms with van der Waals surface area (Å²) in [4.78, 5) is 19.0. The zero-order valence-electron chi connectivity index (χ0n) is 15.6. The summed E-state index contributed by atoms with van der Waals surface area (Å²) in [5.41, 5.74) is 1.75. The van der Waals surface area contributed by atoms with Crippen LogP contribution in [0.25, 0.3) is 5.69 Å². The van der Waals surface area contributed by atoms with E-state index in [1.54, 1.807) is 21.7 Å². The van der Waals surface area contributed by atoms with Gasteiger partial charge in [-0.05, 0) is 55.8 Å². The molecule has 0 bridgehead atoms. The lowest BCUT2D eigenvalue weighted by Gasteiger charge is -2.19. The van der Waals surface area contributed by atoms with E-state index in [9.17, 15) is 4.79 Å². The van der Waals surface area contributed by atoms with E-state index in [0.717, 1.165) is 17.0 Å². The predicted octanol–water partition coefficient (Wildman–Crippen LogP) is 3.62. The first-order valence-electron chi connectivity index (χ1n) is 8.92. The molecule has 0 N–H and O–H groups in total. The van der Waals surface area contributed by atoms with Gasteiger partial charge in [0.05, 0.1) is 5.69 Å². The number of hydrogen-bond donors (Lipinski definition) is 0. The molecule has 1 amide bonds. The zero-order valence-corrected chi connectivity index (χ0v) is 16.3. The van der Waals surface area contributed by atoms with Crippen LogP contribution in [0.1, 0.15) is 28.9 Å². The molecule has 0 spiro atoms. The Morgan fingerprint density at radius 1 is 1.18 bits per heavy atom. The highest BCUT2D eigenvalue weighted by Crippen LogP contribution is 2.32. The van der Waals surface area contributed by atoms with E-state index in [-0.39, 0.29) is 18.5 Å². The molecule has 4 rings (SSSR count). The molecule has 8 heteroatoms. The van der Waals surface area contributed by atoms with E-state index in [1.807, 2.05) is 44.2 Å². The molecule has 0 fully saturated rings. The Morgan fingerprint density at radius 2 is 1.93 bits per heavy atom. The summed E-state index contributed by atoms with van der Waals surface area (Å²) in [6.07, 6.45) is 0. The van der Waals surface area contributed by atoms with Crippen molar-refractivity contribution >= 4 is 17.5 Å². The lowest BCUT2D eigenvalue weighted by molar-refractivity contribution is 0.0740. The Labute approximate surface area is 167 Å². The van der Waals surface area contributed by atoms with Gasteiger partial charge in [-0.2, -0.15) is 0 Å². The molecule has 0 saturated carbocycles. The molecule has 2 aromatic carbocycles. The monoisotopic (exact) mass is 398 g/mol. The number of aromatic nitrogens is 3. The molecule has 0 atom stereocenters. The lowest BCUT2D eigenvalue weighted by atomic mass is 10.2. The molecule has 0 radical (unpaired) electrons. The lowest BCUT2D eigenvalue weighted by Crippen LogP contribution is -2.31. The number of fused-ring (bicyclic) bond motifs is 1. The van der Waals surface area contributed by atoms with Crippen molar-refractivity contribution in [3.8, 4) is 17.2 Å². The fraction of sp³-hybridized carbons (Fsp3) is 0.250. The summed E-state index contributed by atoms with van der Waals surface area (Å²) >= 11 is 5.94. The molecular formula is C20H19ClN4O3. The van der Waals surface area contributed by atoms with E-state index < -0.39 is 0 Å². The number of rotatable bonds is 5. The van der Waals surface area contributed by atoms with E-state index in [0.29, 0.717) is 29.7 Å². The van der Waals surface area contributed by atoms with Gasteiger partial charge in [0.15, 0.2) is 11.5 Å². The van der Waals surface area contributed by atoms with Crippen molar-refractivity contribution in [1.82, 2.24) is 19.7 Å². The molecule has 3 aromatic rings. The van der Waals surface area contributed by atoms with Crippen LogP contribution in [0.15, 0.2) is 42.5 Å². The van der Waals surface area contributed by atoms with Crippen LogP contribution in [0.2, 0.25) is 5.02 Å². The molecule has 1 aliphatic heterocycles. The third kappa shape index (κ3) is 3.53. The number of aryl methyl sites for hydroxylation is 1. The molecule has 144 valence electrons. The maximum absolute atomic E-state index is 13.0. The molecule has 0 aliphatic carbocycles. The summed E-state index contributed by atoms with van der Waals surface area (Å²) in [6.45, 7) is 4.92. The number of carbonyl (C=O) groups excluding carboxylic acids is 1. The van der Waals surface area contributed by atoms with Crippen molar-refractivity contribution in [2.75, 3.05) is 13.3 Å². The standard InChI is InChI=1S/C20H19ClN4O3/c1-3-24(11-14-4-9-17-18(10-14)28-12-27-17)20(26)19-22-13(2)25(23-19)16-7-5-15(21)6-8-16/h4-10H,3,11-12H2,1-2H3. The summed E-state index contributed by atoms with van der Waals surface area (Å²) < 4.78 is 12.4. The van der Waals surface area contributed by atoms with Crippen molar-refractivity contribution in [3.05, 3.63) is 64.7 Å². The molecule has 0 unspecified atom stereocenters. The topological polar surface area (TPSA) is 69.5 Å². The fourth-order valence-electron chi connectivity index (χ4n) is 3.04. The minimum atomic E-state index is -0.226. The van der Waals surface area contributed by atoms with Crippen LogP contribution < -0.4 is 9.47 Å². The molecule has 28 heavy (non-hydrogen) atoms. The van der Waals surface area contributed by atoms with E-state index >= 15 is 0 Å². The maximum atomic E-state index is 13.0. The second-order valence-electron chi connectivity index (χ2n) is 6.38. The third-order valence-electron chi connectivity index (χ3n) is 4.51. The fourth-order valence-corrected chi connectivity index (χ4v) is 3.16. The molecule has 2 heterocycles. The second kappa shape index (κ2) is 7.52. The van der Waals surface area contributed by atoms with E-state index in [4.69, 9.17) is 21.1 Å². The Morgan fingerprint density at radius 3 is 2.68 bits per heavy atom. The van der Waals surface area contributed by atoms with Crippen LogP contribution in [-0.4, -0.2) is 38.9 Å². The highest BCUT2D eigenvalue weighted by molar-refractivity contribution is 6.30. The smallest absolute Gasteiger partial charge is 0.293 e. The predicted molar refractivity (Wildman–Crippen MR) is 104 cm³/mol. The van der Waals surface area contributed by atoms with Crippen LogP contribution in [0.5, 0.6) is 11.5 Å². The van der Waals surface area contributed by atoms with Crippen molar-refractivity contribution in [2.45, 2.75) is 20.4 Å². The largest absolute Gasteiger partial charge is 0.454 e. The van der Waals surface area contributed by atoms with Gasteiger partial charge in [0.2, 0.25) is 12.6 Å². The average Bonchev–Trinajstić information content (AvgIpc) is 3.32. The highest BCUT2D eigenvalue weighted by Gasteiger charge is 2.22. The van der Waals surface area contributed by atoms with Gasteiger partial charge < -0.3 is 14.4 Å². The van der Waals surface area contributed by atoms with Gasteiger partial charge in [-0.25, -0.2) is 9.67 Å². The normalized spacial score (nSPS) is 12.2. The molecule has 1 aliphatic rings. The quantitative estimate of drug-likeness (QED) is 0.656. The summed E-state index contributed by atoms with van der Waals surface area (Å²) in [5, 5.41) is 5.04. The van der Waals surface area contributed by atoms with Gasteiger partial charge in [-0.15, -0.1) is 5.10 Å². The van der Waals surface area contributed by atoms with Gasteiger partial charge in [0, 0.05) is 18.1 Å². The van der Waals surface area contributed by atoms with Crippen LogP contribution in [0.3, 0.4) is 0 Å². The van der Waals surface area contributed by atoms with Gasteiger partial charge in [0.25, 0.3) is 5.91 Å². The number of hydrogen-bond acceptors (Lipinski definition) is 5. The average molecular weight is 399 g/mol. The second-order valence-corrected chi connectivity index (χ2v) is 6.81. The number of amides is 1. The first-order valence-corrected chi connectivity index (χ1v) is 9.30. The summed E-state index contributed by atoms with van der Waals surface area (Å²) in [6, 6.07) is 12.9. The van der Waals surface area contributed by atoms with Crippen LogP contribution in [0.4, 0.5) is 0 Å². The van der Waals surface area contributed by atoms with Gasteiger partial charge in [-0.3, -0.25) is 4.79 Å². The Kier molecular flexibility index (Phi) is 4.92. The first-order chi connectivity index (χ1) is 13.5. The number of benzene rings is 2. The Balaban J connectivity index is 1.55.